The van der Waals surface area contributed by atoms with E-state index >= 15 is 0 Å². The maximum absolute atomic E-state index is 9.84. The van der Waals surface area contributed by atoms with Crippen molar-refractivity contribution in [1.82, 2.24) is 10.2 Å². The monoisotopic (exact) mass is 212 g/mol. The first-order valence-corrected chi connectivity index (χ1v) is 6.38. The molecule has 15 heavy (non-hydrogen) atoms. The third kappa shape index (κ3) is 3.44. The van der Waals surface area contributed by atoms with Crippen molar-refractivity contribution in [3.05, 3.63) is 0 Å². The largest absolute Gasteiger partial charge is 0.390 e. The Balaban J connectivity index is 1.54. The van der Waals surface area contributed by atoms with Crippen LogP contribution in [0.4, 0.5) is 0 Å². The zero-order valence-corrected chi connectivity index (χ0v) is 9.78. The van der Waals surface area contributed by atoms with Crippen LogP contribution in [0.5, 0.6) is 0 Å². The predicted molar refractivity (Wildman–Crippen MR) is 61.9 cm³/mol. The minimum atomic E-state index is -0.181. The molecule has 1 aliphatic carbocycles. The van der Waals surface area contributed by atoms with Gasteiger partial charge in [0, 0.05) is 19.1 Å². The first kappa shape index (κ1) is 11.4. The van der Waals surface area contributed by atoms with E-state index in [1.165, 1.54) is 38.8 Å². The summed E-state index contributed by atoms with van der Waals surface area (Å²) in [6.07, 6.45) is 5.01. The van der Waals surface area contributed by atoms with Gasteiger partial charge < -0.3 is 15.3 Å². The summed E-state index contributed by atoms with van der Waals surface area (Å²) in [5, 5.41) is 13.3. The van der Waals surface area contributed by atoms with Gasteiger partial charge in [-0.3, -0.25) is 0 Å². The van der Waals surface area contributed by atoms with Gasteiger partial charge in [-0.2, -0.15) is 0 Å². The van der Waals surface area contributed by atoms with Crippen LogP contribution in [-0.2, 0) is 0 Å². The van der Waals surface area contributed by atoms with Gasteiger partial charge in [0.2, 0.25) is 0 Å². The number of aliphatic hydroxyl groups excluding tert-OH is 1. The normalized spacial score (nSPS) is 34.0. The lowest BCUT2D eigenvalue weighted by atomic mass is 9.82. The fourth-order valence-corrected chi connectivity index (χ4v) is 2.70. The Morgan fingerprint density at radius 2 is 2.00 bits per heavy atom. The summed E-state index contributed by atoms with van der Waals surface area (Å²) >= 11 is 0. The van der Waals surface area contributed by atoms with E-state index in [1.54, 1.807) is 0 Å². The van der Waals surface area contributed by atoms with Crippen molar-refractivity contribution in [2.24, 2.45) is 5.92 Å². The van der Waals surface area contributed by atoms with Gasteiger partial charge in [0.25, 0.3) is 0 Å². The Labute approximate surface area is 92.8 Å². The van der Waals surface area contributed by atoms with Gasteiger partial charge in [-0.15, -0.1) is 0 Å². The minimum Gasteiger partial charge on any atom is -0.390 e. The molecular weight excluding hydrogens is 188 g/mol. The molecule has 88 valence electrons. The molecule has 0 aromatic carbocycles. The number of hydrogen-bond donors (Lipinski definition) is 2. The lowest BCUT2D eigenvalue weighted by Crippen LogP contribution is -2.45. The Morgan fingerprint density at radius 1 is 1.33 bits per heavy atom. The highest BCUT2D eigenvalue weighted by Gasteiger charge is 2.25. The number of nitrogens with zero attached hydrogens (tertiary/aromatic N) is 1. The van der Waals surface area contributed by atoms with Gasteiger partial charge in [-0.1, -0.05) is 6.92 Å². The summed E-state index contributed by atoms with van der Waals surface area (Å²) in [5.41, 5.74) is 0. The predicted octanol–water partition coefficient (Wildman–Crippen LogP) is 0.831. The van der Waals surface area contributed by atoms with E-state index in [0.717, 1.165) is 19.0 Å². The average molecular weight is 212 g/mol. The second kappa shape index (κ2) is 5.28. The van der Waals surface area contributed by atoms with E-state index < -0.39 is 0 Å². The Bertz CT molecular complexity index is 186. The Morgan fingerprint density at radius 3 is 2.60 bits per heavy atom. The SMILES string of the molecule is CC1CC(NCC(O)CN2CCCC2)C1. The van der Waals surface area contributed by atoms with Crippen LogP contribution in [0.25, 0.3) is 0 Å². The molecule has 0 radical (unpaired) electrons. The molecule has 0 amide bonds. The van der Waals surface area contributed by atoms with E-state index in [9.17, 15) is 5.11 Å². The molecule has 2 fully saturated rings. The van der Waals surface area contributed by atoms with Crippen LogP contribution in [0.2, 0.25) is 0 Å². The molecule has 1 aliphatic heterocycles. The zero-order chi connectivity index (χ0) is 10.7. The number of β-amino-alcohol motifs (C(OH)–C–C–N with tert-alkyl or cyclic N) is 1. The van der Waals surface area contributed by atoms with Crippen molar-refractivity contribution >= 4 is 0 Å². The molecule has 2 rings (SSSR count). The smallest absolute Gasteiger partial charge is 0.0791 e. The molecule has 1 unspecified atom stereocenters. The number of rotatable bonds is 5. The third-order valence-corrected chi connectivity index (χ3v) is 3.68. The average Bonchev–Trinajstić information content (AvgIpc) is 2.63. The number of hydrogen-bond acceptors (Lipinski definition) is 3. The molecule has 2 N–H and O–H groups in total. The van der Waals surface area contributed by atoms with Crippen LogP contribution in [0.15, 0.2) is 0 Å². The van der Waals surface area contributed by atoms with Crippen LogP contribution in [0.3, 0.4) is 0 Å². The molecule has 0 aromatic rings. The van der Waals surface area contributed by atoms with Crippen molar-refractivity contribution in [3.8, 4) is 0 Å². The molecule has 2 aliphatic rings. The first-order chi connectivity index (χ1) is 7.24. The third-order valence-electron chi connectivity index (χ3n) is 3.68. The topological polar surface area (TPSA) is 35.5 Å². The van der Waals surface area contributed by atoms with E-state index in [0.29, 0.717) is 6.04 Å². The minimum absolute atomic E-state index is 0.181. The van der Waals surface area contributed by atoms with E-state index in [2.05, 4.69) is 17.1 Å². The number of likely N-dealkylation sites (tertiary alicyclic amines) is 1. The highest BCUT2D eigenvalue weighted by molar-refractivity contribution is 4.83. The quantitative estimate of drug-likeness (QED) is 0.708. The molecule has 0 aromatic heterocycles. The zero-order valence-electron chi connectivity index (χ0n) is 9.78. The Kier molecular flexibility index (Phi) is 4.00. The molecule has 1 heterocycles. The van der Waals surface area contributed by atoms with Crippen molar-refractivity contribution in [3.63, 3.8) is 0 Å². The fourth-order valence-electron chi connectivity index (χ4n) is 2.70. The number of nitrogens with one attached hydrogen (secondary N) is 1. The maximum Gasteiger partial charge on any atom is 0.0791 e. The van der Waals surface area contributed by atoms with Crippen molar-refractivity contribution < 1.29 is 5.11 Å². The second-order valence-electron chi connectivity index (χ2n) is 5.34. The molecule has 1 saturated carbocycles. The second-order valence-corrected chi connectivity index (χ2v) is 5.34. The standard InChI is InChI=1S/C12H24N2O/c1-10-6-11(7-10)13-8-12(15)9-14-4-2-3-5-14/h10-13,15H,2-9H2,1H3. The molecule has 1 atom stereocenters. The maximum atomic E-state index is 9.84. The molecule has 3 heteroatoms. The van der Waals surface area contributed by atoms with Crippen LogP contribution >= 0.6 is 0 Å². The summed E-state index contributed by atoms with van der Waals surface area (Å²) < 4.78 is 0. The fraction of sp³-hybridized carbons (Fsp3) is 1.00. The molecule has 1 saturated heterocycles. The van der Waals surface area contributed by atoms with Gasteiger partial charge in [-0.05, 0) is 44.7 Å². The lowest BCUT2D eigenvalue weighted by Gasteiger charge is -2.34. The first-order valence-electron chi connectivity index (χ1n) is 6.38. The summed E-state index contributed by atoms with van der Waals surface area (Å²) in [5.74, 6) is 0.887. The highest BCUT2D eigenvalue weighted by Crippen LogP contribution is 2.26. The Hall–Kier alpha value is -0.120. The van der Waals surface area contributed by atoms with Crippen molar-refractivity contribution in [2.75, 3.05) is 26.2 Å². The van der Waals surface area contributed by atoms with Crippen LogP contribution < -0.4 is 5.32 Å². The molecule has 0 spiro atoms. The summed E-state index contributed by atoms with van der Waals surface area (Å²) in [6.45, 7) is 6.27. The summed E-state index contributed by atoms with van der Waals surface area (Å²) in [4.78, 5) is 2.37. The van der Waals surface area contributed by atoms with E-state index in [-0.39, 0.29) is 6.10 Å². The van der Waals surface area contributed by atoms with Gasteiger partial charge in [0.05, 0.1) is 6.10 Å². The van der Waals surface area contributed by atoms with Crippen LogP contribution in [-0.4, -0.2) is 48.3 Å². The summed E-state index contributed by atoms with van der Waals surface area (Å²) in [7, 11) is 0. The van der Waals surface area contributed by atoms with E-state index in [1.807, 2.05) is 0 Å². The van der Waals surface area contributed by atoms with Gasteiger partial charge in [0.1, 0.15) is 0 Å². The molecule has 0 bridgehead atoms. The molecule has 3 nitrogen and oxygen atoms in total. The van der Waals surface area contributed by atoms with Crippen LogP contribution in [0, 0.1) is 5.92 Å². The van der Waals surface area contributed by atoms with Crippen molar-refractivity contribution in [1.29, 1.82) is 0 Å². The lowest BCUT2D eigenvalue weighted by molar-refractivity contribution is 0.110. The van der Waals surface area contributed by atoms with E-state index in [4.69, 9.17) is 0 Å². The van der Waals surface area contributed by atoms with Crippen molar-refractivity contribution in [2.45, 2.75) is 44.8 Å². The highest BCUT2D eigenvalue weighted by atomic mass is 16.3. The number of aliphatic hydroxyl groups is 1. The summed E-state index contributed by atoms with van der Waals surface area (Å²) in [6, 6.07) is 0.674. The van der Waals surface area contributed by atoms with Gasteiger partial charge in [0.15, 0.2) is 0 Å². The molecular formula is C12H24N2O. The van der Waals surface area contributed by atoms with Crippen LogP contribution in [0.1, 0.15) is 32.6 Å². The van der Waals surface area contributed by atoms with Gasteiger partial charge in [-0.25, -0.2) is 0 Å². The van der Waals surface area contributed by atoms with Gasteiger partial charge >= 0.3 is 0 Å².